The maximum atomic E-state index is 10.7. The van der Waals surface area contributed by atoms with Crippen molar-refractivity contribution in [3.05, 3.63) is 0 Å². The van der Waals surface area contributed by atoms with Gasteiger partial charge in [0.1, 0.15) is 6.04 Å². The second-order valence-electron chi connectivity index (χ2n) is 2.71. The minimum Gasteiger partial charge on any atom is -0.480 e. The summed E-state index contributed by atoms with van der Waals surface area (Å²) in [6.07, 6.45) is -0.00463. The molecule has 0 radical (unpaired) electrons. The molecule has 78 valence electrons. The van der Waals surface area contributed by atoms with Crippen LogP contribution in [0, 0.1) is 0 Å². The van der Waals surface area contributed by atoms with Crippen LogP contribution < -0.4 is 5.32 Å². The number of carbonyl (C=O) groups excluding carboxylic acids is 2. The van der Waals surface area contributed by atoms with Gasteiger partial charge in [-0.25, -0.2) is 4.79 Å². The first-order valence-corrected chi connectivity index (χ1v) is 4.04. The predicted octanol–water partition coefficient (Wildman–Crippen LogP) is -1.26. The Morgan fingerprint density at radius 3 is 2.43 bits per heavy atom. The normalized spacial score (nSPS) is 11.5. The molecular formula is C7H12BNO5. The molecule has 1 amide bonds. The molecule has 0 heterocycles. The molecular weight excluding hydrogens is 189 g/mol. The third kappa shape index (κ3) is 5.18. The highest BCUT2D eigenvalue weighted by molar-refractivity contribution is 6.57. The Kier molecular flexibility index (Phi) is 5.35. The molecule has 0 aliphatic carbocycles. The molecule has 0 bridgehead atoms. The Morgan fingerprint density at radius 1 is 1.50 bits per heavy atom. The van der Waals surface area contributed by atoms with Crippen molar-refractivity contribution >= 4 is 25.6 Å². The van der Waals surface area contributed by atoms with E-state index < -0.39 is 23.8 Å². The summed E-state index contributed by atoms with van der Waals surface area (Å²) in [4.78, 5) is 31.8. The number of methoxy groups -OCH3 is 1. The molecule has 0 aromatic rings. The van der Waals surface area contributed by atoms with Crippen LogP contribution in [0.1, 0.15) is 12.8 Å². The molecule has 6 nitrogen and oxygen atoms in total. The highest BCUT2D eigenvalue weighted by atomic mass is 16.5. The predicted molar refractivity (Wildman–Crippen MR) is 49.7 cm³/mol. The number of esters is 1. The van der Waals surface area contributed by atoms with E-state index in [1.165, 1.54) is 15.0 Å². The van der Waals surface area contributed by atoms with E-state index in [0.717, 1.165) is 0 Å². The highest BCUT2D eigenvalue weighted by Crippen LogP contribution is 1.99. The first kappa shape index (κ1) is 12.5. The van der Waals surface area contributed by atoms with E-state index in [4.69, 9.17) is 5.11 Å². The summed E-state index contributed by atoms with van der Waals surface area (Å²) in [6, 6.07) is -1.04. The largest absolute Gasteiger partial charge is 0.480 e. The molecule has 0 saturated heterocycles. The van der Waals surface area contributed by atoms with Gasteiger partial charge in [0.05, 0.1) is 7.11 Å². The van der Waals surface area contributed by atoms with E-state index in [9.17, 15) is 14.4 Å². The van der Waals surface area contributed by atoms with Gasteiger partial charge in [-0.3, -0.25) is 9.59 Å². The number of carbonyl (C=O) groups is 3. The van der Waals surface area contributed by atoms with Crippen molar-refractivity contribution in [3.63, 3.8) is 0 Å². The average molecular weight is 201 g/mol. The zero-order chi connectivity index (χ0) is 11.1. The topological polar surface area (TPSA) is 92.7 Å². The van der Waals surface area contributed by atoms with Gasteiger partial charge in [0, 0.05) is 6.42 Å². The van der Waals surface area contributed by atoms with Gasteiger partial charge in [-0.1, -0.05) is 0 Å². The molecule has 0 aromatic carbocycles. The number of hydrogen-bond acceptors (Lipinski definition) is 4. The number of amides is 1. The summed E-state index contributed by atoms with van der Waals surface area (Å²) < 4.78 is 4.34. The number of hydrogen-bond donors (Lipinski definition) is 2. The number of aliphatic carboxylic acids is 1. The molecule has 0 unspecified atom stereocenters. The molecule has 0 aliphatic heterocycles. The molecule has 2 N–H and O–H groups in total. The van der Waals surface area contributed by atoms with Gasteiger partial charge in [-0.05, 0) is 6.42 Å². The van der Waals surface area contributed by atoms with Crippen LogP contribution in [-0.4, -0.2) is 43.8 Å². The van der Waals surface area contributed by atoms with Gasteiger partial charge >= 0.3 is 11.9 Å². The van der Waals surface area contributed by atoms with Gasteiger partial charge < -0.3 is 15.2 Å². The number of nitrogens with one attached hydrogen (secondary N) is 1. The van der Waals surface area contributed by atoms with Crippen LogP contribution in [0.25, 0.3) is 0 Å². The molecule has 0 aliphatic rings. The van der Waals surface area contributed by atoms with E-state index in [2.05, 4.69) is 10.1 Å². The van der Waals surface area contributed by atoms with Crippen molar-refractivity contribution in [2.24, 2.45) is 0 Å². The third-order valence-electron chi connectivity index (χ3n) is 1.54. The number of ether oxygens (including phenoxy) is 1. The Labute approximate surface area is 82.0 Å². The van der Waals surface area contributed by atoms with Gasteiger partial charge in [-0.2, -0.15) is 0 Å². The third-order valence-corrected chi connectivity index (χ3v) is 1.54. The van der Waals surface area contributed by atoms with Gasteiger partial charge in [0.2, 0.25) is 7.85 Å². The van der Waals surface area contributed by atoms with Crippen LogP contribution in [0.3, 0.4) is 0 Å². The summed E-state index contributed by atoms with van der Waals surface area (Å²) in [5.41, 5.74) is 0. The maximum Gasteiger partial charge on any atom is 0.326 e. The van der Waals surface area contributed by atoms with E-state index in [0.29, 0.717) is 0 Å². The van der Waals surface area contributed by atoms with E-state index in [1.807, 2.05) is 0 Å². The van der Waals surface area contributed by atoms with E-state index >= 15 is 0 Å². The van der Waals surface area contributed by atoms with Crippen LogP contribution in [0.4, 0.5) is 4.79 Å². The summed E-state index contributed by atoms with van der Waals surface area (Å²) >= 11 is 0. The smallest absolute Gasteiger partial charge is 0.326 e. The first-order valence-electron chi connectivity index (χ1n) is 4.04. The lowest BCUT2D eigenvalue weighted by molar-refractivity contribution is -0.142. The first-order chi connectivity index (χ1) is 6.47. The fourth-order valence-electron chi connectivity index (χ4n) is 0.867. The number of carboxylic acids is 1. The van der Waals surface area contributed by atoms with Crippen molar-refractivity contribution in [2.45, 2.75) is 18.9 Å². The Bertz CT molecular complexity index is 242. The van der Waals surface area contributed by atoms with Gasteiger partial charge in [0.25, 0.3) is 0 Å². The fraction of sp³-hybridized carbons (Fsp3) is 0.571. The van der Waals surface area contributed by atoms with Crippen LogP contribution in [0.2, 0.25) is 0 Å². The van der Waals surface area contributed by atoms with Gasteiger partial charge in [-0.15, -0.1) is 0 Å². The lowest BCUT2D eigenvalue weighted by Gasteiger charge is -2.12. The monoisotopic (exact) mass is 201 g/mol. The summed E-state index contributed by atoms with van der Waals surface area (Å²) in [7, 11) is 2.44. The quantitative estimate of drug-likeness (QED) is 0.427. The minimum atomic E-state index is -1.16. The molecule has 0 saturated carbocycles. The number of carboxylic acid groups (broad SMARTS) is 1. The Balaban J connectivity index is 4.04. The molecule has 0 aromatic heterocycles. The lowest BCUT2D eigenvalue weighted by Crippen LogP contribution is -2.40. The second-order valence-corrected chi connectivity index (χ2v) is 2.71. The van der Waals surface area contributed by atoms with Crippen molar-refractivity contribution < 1.29 is 24.2 Å². The van der Waals surface area contributed by atoms with Crippen molar-refractivity contribution in [1.82, 2.24) is 5.32 Å². The lowest BCUT2D eigenvalue weighted by atomic mass is 10.1. The Hall–Kier alpha value is -1.53. The molecule has 1 atom stereocenters. The van der Waals surface area contributed by atoms with Crippen molar-refractivity contribution in [2.75, 3.05) is 7.11 Å². The van der Waals surface area contributed by atoms with E-state index in [1.54, 1.807) is 0 Å². The summed E-state index contributed by atoms with van der Waals surface area (Å²) in [5.74, 6) is -2.10. The number of rotatable bonds is 5. The standard InChI is InChI=1S/C7H12BNO5/c1-14-5(10)3-2-4(6(11)12)9-7(8)13/h4H,2-3,8H2,1H3,(H,9,13)(H,11,12)/t4-/m0/s1. The molecule has 0 spiro atoms. The molecule has 14 heavy (non-hydrogen) atoms. The van der Waals surface area contributed by atoms with Crippen LogP contribution >= 0.6 is 0 Å². The summed E-state index contributed by atoms with van der Waals surface area (Å²) in [6.45, 7) is 0. The molecule has 0 fully saturated rings. The van der Waals surface area contributed by atoms with Crippen LogP contribution in [0.15, 0.2) is 0 Å². The SMILES string of the molecule is BC(=O)N[C@@H](CCC(=O)OC)C(=O)O. The fourth-order valence-corrected chi connectivity index (χ4v) is 0.867. The summed E-state index contributed by atoms with van der Waals surface area (Å²) in [5, 5.41) is 10.9. The maximum absolute atomic E-state index is 10.7. The zero-order valence-electron chi connectivity index (χ0n) is 8.07. The Morgan fingerprint density at radius 2 is 2.07 bits per heavy atom. The zero-order valence-corrected chi connectivity index (χ0v) is 8.07. The molecule has 0 rings (SSSR count). The average Bonchev–Trinajstić information content (AvgIpc) is 2.10. The van der Waals surface area contributed by atoms with Gasteiger partial charge in [0.15, 0.2) is 5.81 Å². The van der Waals surface area contributed by atoms with Crippen LogP contribution in [-0.2, 0) is 14.3 Å². The van der Waals surface area contributed by atoms with Crippen molar-refractivity contribution in [1.29, 1.82) is 0 Å². The minimum absolute atomic E-state index is 0.0294. The van der Waals surface area contributed by atoms with Crippen LogP contribution in [0.5, 0.6) is 0 Å². The molecule has 7 heteroatoms. The van der Waals surface area contributed by atoms with E-state index in [-0.39, 0.29) is 12.8 Å². The van der Waals surface area contributed by atoms with Crippen molar-refractivity contribution in [3.8, 4) is 0 Å². The highest BCUT2D eigenvalue weighted by Gasteiger charge is 2.19. The second kappa shape index (κ2) is 6.01.